The van der Waals surface area contributed by atoms with Crippen LogP contribution in [-0.2, 0) is 12.0 Å². The summed E-state index contributed by atoms with van der Waals surface area (Å²) in [6.07, 6.45) is 0. The molecule has 2 rings (SSSR count). The van der Waals surface area contributed by atoms with Gasteiger partial charge >= 0.3 is 0 Å². The number of hydrogen-bond donors (Lipinski definition) is 1. The van der Waals surface area contributed by atoms with Crippen LogP contribution in [0.4, 0.5) is 5.69 Å². The van der Waals surface area contributed by atoms with Gasteiger partial charge in [-0.05, 0) is 18.2 Å². The molecule has 2 nitrogen and oxygen atoms in total. The molecule has 5 heteroatoms. The SMILES string of the molecule is CC(C)(C)c1nc(CNc2cc(Br)ccc2Cl)cs1. The van der Waals surface area contributed by atoms with Crippen molar-refractivity contribution in [1.82, 2.24) is 4.98 Å². The van der Waals surface area contributed by atoms with Gasteiger partial charge in [-0.25, -0.2) is 4.98 Å². The van der Waals surface area contributed by atoms with E-state index in [4.69, 9.17) is 11.6 Å². The van der Waals surface area contributed by atoms with Gasteiger partial charge in [0.2, 0.25) is 0 Å². The molecule has 0 aliphatic heterocycles. The number of aromatic nitrogens is 1. The molecule has 0 unspecified atom stereocenters. The molecule has 0 amide bonds. The lowest BCUT2D eigenvalue weighted by molar-refractivity contribution is 0.583. The van der Waals surface area contributed by atoms with E-state index < -0.39 is 0 Å². The van der Waals surface area contributed by atoms with E-state index in [1.54, 1.807) is 11.3 Å². The molecule has 0 saturated heterocycles. The van der Waals surface area contributed by atoms with Crippen LogP contribution in [0.5, 0.6) is 0 Å². The van der Waals surface area contributed by atoms with Crippen LogP contribution in [0.3, 0.4) is 0 Å². The monoisotopic (exact) mass is 358 g/mol. The van der Waals surface area contributed by atoms with Gasteiger partial charge in [0.25, 0.3) is 0 Å². The van der Waals surface area contributed by atoms with Crippen LogP contribution in [0.1, 0.15) is 31.5 Å². The molecule has 0 bridgehead atoms. The summed E-state index contributed by atoms with van der Waals surface area (Å²) in [6.45, 7) is 7.21. The topological polar surface area (TPSA) is 24.9 Å². The second kappa shape index (κ2) is 5.81. The number of nitrogens with zero attached hydrogens (tertiary/aromatic N) is 1. The van der Waals surface area contributed by atoms with Gasteiger partial charge in [-0.15, -0.1) is 11.3 Å². The molecule has 0 aliphatic carbocycles. The quantitative estimate of drug-likeness (QED) is 0.786. The lowest BCUT2D eigenvalue weighted by atomic mass is 9.98. The third-order valence-corrected chi connectivity index (χ3v) is 4.72. The number of benzene rings is 1. The Labute approximate surface area is 131 Å². The second-order valence-corrected chi connectivity index (χ2v) is 7.55. The number of anilines is 1. The van der Waals surface area contributed by atoms with Crippen molar-refractivity contribution in [2.45, 2.75) is 32.7 Å². The van der Waals surface area contributed by atoms with Gasteiger partial charge in [-0.1, -0.05) is 48.3 Å². The Morgan fingerprint density at radius 2 is 2.11 bits per heavy atom. The van der Waals surface area contributed by atoms with Crippen molar-refractivity contribution >= 4 is 44.6 Å². The first-order valence-electron chi connectivity index (χ1n) is 6.00. The van der Waals surface area contributed by atoms with Crippen molar-refractivity contribution in [3.63, 3.8) is 0 Å². The van der Waals surface area contributed by atoms with E-state index >= 15 is 0 Å². The van der Waals surface area contributed by atoms with Gasteiger partial charge < -0.3 is 5.32 Å². The molecule has 0 aliphatic rings. The summed E-state index contributed by atoms with van der Waals surface area (Å²) < 4.78 is 1.01. The Balaban J connectivity index is 2.06. The normalized spacial score (nSPS) is 11.6. The van der Waals surface area contributed by atoms with E-state index in [1.165, 1.54) is 0 Å². The smallest absolute Gasteiger partial charge is 0.0982 e. The highest BCUT2D eigenvalue weighted by Gasteiger charge is 2.17. The van der Waals surface area contributed by atoms with Crippen molar-refractivity contribution in [3.8, 4) is 0 Å². The van der Waals surface area contributed by atoms with Crippen LogP contribution < -0.4 is 5.32 Å². The first kappa shape index (κ1) is 14.8. The third-order valence-electron chi connectivity index (χ3n) is 2.58. The fourth-order valence-electron chi connectivity index (χ4n) is 1.55. The van der Waals surface area contributed by atoms with Crippen LogP contribution in [0, 0.1) is 0 Å². The molecule has 1 heterocycles. The first-order valence-corrected chi connectivity index (χ1v) is 8.05. The predicted octanol–water partition coefficient (Wildman–Crippen LogP) is 5.47. The number of nitrogens with one attached hydrogen (secondary N) is 1. The summed E-state index contributed by atoms with van der Waals surface area (Å²) in [5.41, 5.74) is 2.07. The molecule has 102 valence electrons. The summed E-state index contributed by atoms with van der Waals surface area (Å²) in [6, 6.07) is 5.77. The fraction of sp³-hybridized carbons (Fsp3) is 0.357. The number of halogens is 2. The summed E-state index contributed by atoms with van der Waals surface area (Å²) in [5, 5.41) is 7.29. The Bertz CT molecular complexity index is 575. The summed E-state index contributed by atoms with van der Waals surface area (Å²) in [5.74, 6) is 0. The summed E-state index contributed by atoms with van der Waals surface area (Å²) >= 11 is 11.3. The Hall–Kier alpha value is -0.580. The van der Waals surface area contributed by atoms with Gasteiger partial charge in [0.1, 0.15) is 0 Å². The van der Waals surface area contributed by atoms with Crippen molar-refractivity contribution in [2.75, 3.05) is 5.32 Å². The van der Waals surface area contributed by atoms with Crippen LogP contribution in [0.2, 0.25) is 5.02 Å². The number of hydrogen-bond acceptors (Lipinski definition) is 3. The molecular formula is C14H16BrClN2S. The Morgan fingerprint density at radius 3 is 2.74 bits per heavy atom. The Morgan fingerprint density at radius 1 is 1.37 bits per heavy atom. The summed E-state index contributed by atoms with van der Waals surface area (Å²) in [7, 11) is 0. The molecule has 0 radical (unpaired) electrons. The lowest BCUT2D eigenvalue weighted by Crippen LogP contribution is -2.11. The molecule has 1 aromatic carbocycles. The summed E-state index contributed by atoms with van der Waals surface area (Å²) in [4.78, 5) is 4.65. The average molecular weight is 360 g/mol. The molecule has 19 heavy (non-hydrogen) atoms. The van der Waals surface area contributed by atoms with Gasteiger partial charge in [0.15, 0.2) is 0 Å². The molecule has 2 aromatic rings. The third kappa shape index (κ3) is 3.94. The molecule has 0 spiro atoms. The molecule has 1 N–H and O–H groups in total. The van der Waals surface area contributed by atoms with Crippen molar-refractivity contribution in [3.05, 3.63) is 43.8 Å². The molecule has 1 aromatic heterocycles. The van der Waals surface area contributed by atoms with E-state index in [1.807, 2.05) is 18.2 Å². The molecular weight excluding hydrogens is 344 g/mol. The lowest BCUT2D eigenvalue weighted by Gasteiger charge is -2.13. The highest BCUT2D eigenvalue weighted by atomic mass is 79.9. The zero-order chi connectivity index (χ0) is 14.0. The minimum atomic E-state index is 0.107. The zero-order valence-electron chi connectivity index (χ0n) is 11.1. The maximum absolute atomic E-state index is 6.14. The van der Waals surface area contributed by atoms with Crippen LogP contribution in [0.15, 0.2) is 28.1 Å². The van der Waals surface area contributed by atoms with Crippen LogP contribution >= 0.6 is 38.9 Å². The predicted molar refractivity (Wildman–Crippen MR) is 87.3 cm³/mol. The van der Waals surface area contributed by atoms with Crippen molar-refractivity contribution in [2.24, 2.45) is 0 Å². The van der Waals surface area contributed by atoms with Gasteiger partial charge in [0, 0.05) is 15.3 Å². The van der Waals surface area contributed by atoms with Gasteiger partial charge in [-0.2, -0.15) is 0 Å². The van der Waals surface area contributed by atoms with Crippen molar-refractivity contribution in [1.29, 1.82) is 0 Å². The highest BCUT2D eigenvalue weighted by molar-refractivity contribution is 9.10. The maximum atomic E-state index is 6.14. The zero-order valence-corrected chi connectivity index (χ0v) is 14.3. The number of rotatable bonds is 3. The largest absolute Gasteiger partial charge is 0.378 e. The van der Waals surface area contributed by atoms with E-state index in [2.05, 4.69) is 52.4 Å². The van der Waals surface area contributed by atoms with E-state index in [0.717, 1.165) is 25.9 Å². The van der Waals surface area contributed by atoms with E-state index in [9.17, 15) is 0 Å². The Kier molecular flexibility index (Phi) is 4.54. The first-order chi connectivity index (χ1) is 8.86. The minimum absolute atomic E-state index is 0.107. The average Bonchev–Trinajstić information content (AvgIpc) is 2.79. The maximum Gasteiger partial charge on any atom is 0.0982 e. The molecule has 0 fully saturated rings. The second-order valence-electron chi connectivity index (χ2n) is 5.37. The van der Waals surface area contributed by atoms with E-state index in [-0.39, 0.29) is 5.41 Å². The van der Waals surface area contributed by atoms with Crippen LogP contribution in [0.25, 0.3) is 0 Å². The fourth-order valence-corrected chi connectivity index (χ4v) is 3.00. The minimum Gasteiger partial charge on any atom is -0.378 e. The van der Waals surface area contributed by atoms with Gasteiger partial charge in [0.05, 0.1) is 28.0 Å². The highest BCUT2D eigenvalue weighted by Crippen LogP contribution is 2.28. The number of thiazole rings is 1. The van der Waals surface area contributed by atoms with Crippen LogP contribution in [-0.4, -0.2) is 4.98 Å². The molecule has 0 saturated carbocycles. The van der Waals surface area contributed by atoms with Gasteiger partial charge in [-0.3, -0.25) is 0 Å². The molecule has 0 atom stereocenters. The standard InChI is InChI=1S/C14H16BrClN2S/c1-14(2,3)13-18-10(8-19-13)7-17-12-6-9(15)4-5-11(12)16/h4-6,8,17H,7H2,1-3H3. The van der Waals surface area contributed by atoms with Crippen molar-refractivity contribution < 1.29 is 0 Å². The van der Waals surface area contributed by atoms with E-state index in [0.29, 0.717) is 6.54 Å².